The molecule has 0 aromatic heterocycles. The van der Waals surface area contributed by atoms with Crippen LogP contribution in [0, 0.1) is 0 Å². The summed E-state index contributed by atoms with van der Waals surface area (Å²) in [5.41, 5.74) is 2.31. The zero-order valence-corrected chi connectivity index (χ0v) is 22.1. The molecule has 184 valence electrons. The first kappa shape index (κ1) is 27.1. The van der Waals surface area contributed by atoms with Crippen LogP contribution in [0.3, 0.4) is 0 Å². The van der Waals surface area contributed by atoms with Gasteiger partial charge < -0.3 is 10.2 Å². The van der Waals surface area contributed by atoms with E-state index in [0.717, 1.165) is 17.5 Å². The van der Waals surface area contributed by atoms with Crippen molar-refractivity contribution in [3.63, 3.8) is 0 Å². The second-order valence-corrected chi connectivity index (χ2v) is 9.80. The number of nitrogens with one attached hydrogen (secondary N) is 1. The highest BCUT2D eigenvalue weighted by atomic mass is 35.5. The Morgan fingerprint density at radius 1 is 0.886 bits per heavy atom. The number of carbonyl (C=O) groups is 2. The Morgan fingerprint density at radius 3 is 2.14 bits per heavy atom. The summed E-state index contributed by atoms with van der Waals surface area (Å²) in [6.07, 6.45) is 1.22. The fourth-order valence-corrected chi connectivity index (χ4v) is 4.50. The van der Waals surface area contributed by atoms with Gasteiger partial charge in [-0.3, -0.25) is 9.59 Å². The minimum absolute atomic E-state index is 0.0328. The summed E-state index contributed by atoms with van der Waals surface area (Å²) in [6.45, 7) is 4.05. The van der Waals surface area contributed by atoms with E-state index in [9.17, 15) is 9.59 Å². The summed E-state index contributed by atoms with van der Waals surface area (Å²) in [6, 6.07) is 21.2. The number of benzene rings is 3. The largest absolute Gasteiger partial charge is 0.352 e. The van der Waals surface area contributed by atoms with Crippen LogP contribution in [0.25, 0.3) is 0 Å². The average molecular weight is 532 g/mol. The maximum Gasteiger partial charge on any atom is 0.243 e. The molecule has 0 aliphatic carbocycles. The van der Waals surface area contributed by atoms with Gasteiger partial charge in [0.15, 0.2) is 0 Å². The van der Waals surface area contributed by atoms with Crippen molar-refractivity contribution in [2.24, 2.45) is 0 Å². The molecule has 7 heteroatoms. The lowest BCUT2D eigenvalue weighted by Crippen LogP contribution is -2.52. The second kappa shape index (κ2) is 13.0. The predicted octanol–water partition coefficient (Wildman–Crippen LogP) is 6.74. The molecule has 0 spiro atoms. The molecule has 0 radical (unpaired) electrons. The monoisotopic (exact) mass is 530 g/mol. The molecule has 0 aliphatic heterocycles. The molecule has 0 fully saturated rings. The van der Waals surface area contributed by atoms with Crippen LogP contribution in [0.2, 0.25) is 15.1 Å². The molecular weight excluding hydrogens is 503 g/mol. The van der Waals surface area contributed by atoms with Gasteiger partial charge >= 0.3 is 0 Å². The Morgan fingerprint density at radius 2 is 1.51 bits per heavy atom. The van der Waals surface area contributed by atoms with Crippen LogP contribution < -0.4 is 5.32 Å². The molecule has 35 heavy (non-hydrogen) atoms. The Labute approximate surface area is 222 Å². The van der Waals surface area contributed by atoms with E-state index in [1.807, 2.05) is 50.2 Å². The maximum atomic E-state index is 13.8. The normalized spacial score (nSPS) is 12.6. The molecule has 0 saturated carbocycles. The third kappa shape index (κ3) is 7.73. The Hall–Kier alpha value is -2.53. The van der Waals surface area contributed by atoms with Gasteiger partial charge in [-0.15, -0.1) is 0 Å². The van der Waals surface area contributed by atoms with Crippen LogP contribution >= 0.6 is 34.8 Å². The third-order valence-electron chi connectivity index (χ3n) is 5.91. The number of halogens is 3. The summed E-state index contributed by atoms with van der Waals surface area (Å²) in [5.74, 6) is -0.436. The van der Waals surface area contributed by atoms with Crippen LogP contribution in [-0.4, -0.2) is 28.8 Å². The van der Waals surface area contributed by atoms with Crippen molar-refractivity contribution < 1.29 is 9.59 Å². The predicted molar refractivity (Wildman–Crippen MR) is 144 cm³/mol. The summed E-state index contributed by atoms with van der Waals surface area (Å²) in [5, 5.41) is 4.49. The highest BCUT2D eigenvalue weighted by molar-refractivity contribution is 6.36. The Kier molecular flexibility index (Phi) is 10.0. The summed E-state index contributed by atoms with van der Waals surface area (Å²) in [7, 11) is 0. The molecule has 0 heterocycles. The van der Waals surface area contributed by atoms with Crippen molar-refractivity contribution in [2.45, 2.75) is 51.7 Å². The number of carbonyl (C=O) groups excluding carboxylic acids is 2. The lowest BCUT2D eigenvalue weighted by molar-refractivity contribution is -0.141. The van der Waals surface area contributed by atoms with Gasteiger partial charge in [0.05, 0.1) is 6.42 Å². The number of hydrogen-bond acceptors (Lipinski definition) is 2. The minimum atomic E-state index is -0.759. The number of hydrogen-bond donors (Lipinski definition) is 1. The van der Waals surface area contributed by atoms with Crippen molar-refractivity contribution in [1.82, 2.24) is 10.2 Å². The zero-order valence-electron chi connectivity index (χ0n) is 19.8. The van der Waals surface area contributed by atoms with Crippen molar-refractivity contribution in [1.29, 1.82) is 0 Å². The lowest BCUT2D eigenvalue weighted by Gasteiger charge is -2.33. The number of amides is 2. The molecule has 2 amide bonds. The van der Waals surface area contributed by atoms with Gasteiger partial charge in [-0.05, 0) is 48.7 Å². The van der Waals surface area contributed by atoms with Crippen LogP contribution in [0.1, 0.15) is 37.0 Å². The van der Waals surface area contributed by atoms with E-state index in [1.54, 1.807) is 41.3 Å². The number of rotatable bonds is 10. The molecule has 4 nitrogen and oxygen atoms in total. The molecule has 0 saturated heterocycles. The average Bonchev–Trinajstić information content (AvgIpc) is 2.83. The van der Waals surface area contributed by atoms with Gasteiger partial charge in [-0.2, -0.15) is 0 Å². The lowest BCUT2D eigenvalue weighted by atomic mass is 10.0. The van der Waals surface area contributed by atoms with Crippen molar-refractivity contribution in [3.05, 3.63) is 105 Å². The summed E-state index contributed by atoms with van der Waals surface area (Å²) >= 11 is 19.1. The fourth-order valence-electron chi connectivity index (χ4n) is 3.77. The van der Waals surface area contributed by atoms with Crippen LogP contribution in [0.15, 0.2) is 72.8 Å². The van der Waals surface area contributed by atoms with Crippen LogP contribution in [0.5, 0.6) is 0 Å². The van der Waals surface area contributed by atoms with E-state index in [2.05, 4.69) is 5.32 Å². The first-order valence-corrected chi connectivity index (χ1v) is 12.7. The maximum absolute atomic E-state index is 13.8. The molecule has 3 aromatic rings. The minimum Gasteiger partial charge on any atom is -0.352 e. The van der Waals surface area contributed by atoms with E-state index in [0.29, 0.717) is 27.1 Å². The topological polar surface area (TPSA) is 49.4 Å². The SMILES string of the molecule is CC[C@@H](C)NC(=O)[C@H](Cc1ccccc1)N(Cc1c(Cl)cccc1Cl)C(=O)Cc1cccc(Cl)c1. The van der Waals surface area contributed by atoms with Gasteiger partial charge in [0.1, 0.15) is 6.04 Å². The molecule has 1 N–H and O–H groups in total. The van der Waals surface area contributed by atoms with Crippen LogP contribution in [-0.2, 0) is 29.0 Å². The van der Waals surface area contributed by atoms with E-state index in [4.69, 9.17) is 34.8 Å². The molecule has 0 unspecified atom stereocenters. The third-order valence-corrected chi connectivity index (χ3v) is 6.85. The summed E-state index contributed by atoms with van der Waals surface area (Å²) in [4.78, 5) is 28.9. The fraction of sp³-hybridized carbons (Fsp3) is 0.286. The van der Waals surface area contributed by atoms with Crippen LogP contribution in [0.4, 0.5) is 0 Å². The quantitative estimate of drug-likeness (QED) is 0.315. The molecule has 0 bridgehead atoms. The van der Waals surface area contributed by atoms with Gasteiger partial charge in [0.25, 0.3) is 0 Å². The van der Waals surface area contributed by atoms with E-state index >= 15 is 0 Å². The van der Waals surface area contributed by atoms with Gasteiger partial charge in [-0.1, -0.05) is 90.3 Å². The van der Waals surface area contributed by atoms with Crippen molar-refractivity contribution in [3.8, 4) is 0 Å². The standard InChI is InChI=1S/C28H29Cl3N2O2/c1-3-19(2)32-28(35)26(16-20-9-5-4-6-10-20)33(18-23-24(30)13-8-14-25(23)31)27(34)17-21-11-7-12-22(29)15-21/h4-15,19,26H,3,16-18H2,1-2H3,(H,32,35)/t19-,26+/m1/s1. The zero-order chi connectivity index (χ0) is 25.4. The van der Waals surface area contributed by atoms with Gasteiger partial charge in [0.2, 0.25) is 11.8 Å². The highest BCUT2D eigenvalue weighted by Gasteiger charge is 2.31. The Balaban J connectivity index is 2.02. The van der Waals surface area contributed by atoms with E-state index < -0.39 is 6.04 Å². The van der Waals surface area contributed by atoms with Gasteiger partial charge in [-0.25, -0.2) is 0 Å². The van der Waals surface area contributed by atoms with Crippen molar-refractivity contribution in [2.75, 3.05) is 0 Å². The molecule has 3 aromatic carbocycles. The molecule has 2 atom stereocenters. The van der Waals surface area contributed by atoms with Gasteiger partial charge in [0, 0.05) is 39.6 Å². The molecule has 3 rings (SSSR count). The van der Waals surface area contributed by atoms with Crippen molar-refractivity contribution >= 4 is 46.6 Å². The smallest absolute Gasteiger partial charge is 0.243 e. The first-order valence-electron chi connectivity index (χ1n) is 11.6. The molecular formula is C28H29Cl3N2O2. The second-order valence-electron chi connectivity index (χ2n) is 8.55. The number of nitrogens with zero attached hydrogens (tertiary/aromatic N) is 1. The molecule has 0 aliphatic rings. The van der Waals surface area contributed by atoms with E-state index in [1.165, 1.54) is 0 Å². The first-order chi connectivity index (χ1) is 16.8. The highest BCUT2D eigenvalue weighted by Crippen LogP contribution is 2.28. The Bertz CT molecular complexity index is 1130. The van der Waals surface area contributed by atoms with E-state index in [-0.39, 0.29) is 30.8 Å². The summed E-state index contributed by atoms with van der Waals surface area (Å²) < 4.78 is 0.